The van der Waals surface area contributed by atoms with Crippen LogP contribution in [0, 0.1) is 5.82 Å². The summed E-state index contributed by atoms with van der Waals surface area (Å²) in [6, 6.07) is 2.99. The molecule has 1 aromatic heterocycles. The van der Waals surface area contributed by atoms with E-state index in [9.17, 15) is 4.39 Å². The monoisotopic (exact) mass is 228 g/mol. The molecule has 0 spiro atoms. The minimum Gasteiger partial charge on any atom is -0.423 e. The summed E-state index contributed by atoms with van der Waals surface area (Å²) in [5.41, 5.74) is 0.294. The van der Waals surface area contributed by atoms with Crippen molar-refractivity contribution in [3.63, 3.8) is 0 Å². The standard InChI is InChI=1S/C8H6BFO2S2/c10-6-3-14-8-4(6)1-2-5(7(8)13)9(11)12/h1-3,11-13H. The Balaban J connectivity index is 2.76. The van der Waals surface area contributed by atoms with Crippen LogP contribution in [-0.4, -0.2) is 17.2 Å². The van der Waals surface area contributed by atoms with Gasteiger partial charge < -0.3 is 10.0 Å². The molecular formula is C8H6BFO2S2. The van der Waals surface area contributed by atoms with Gasteiger partial charge in [-0.3, -0.25) is 0 Å². The van der Waals surface area contributed by atoms with Crippen molar-refractivity contribution in [3.8, 4) is 0 Å². The smallest absolute Gasteiger partial charge is 0.423 e. The van der Waals surface area contributed by atoms with Gasteiger partial charge in [0.05, 0.1) is 4.70 Å². The summed E-state index contributed by atoms with van der Waals surface area (Å²) < 4.78 is 13.7. The van der Waals surface area contributed by atoms with Crippen LogP contribution in [0.4, 0.5) is 4.39 Å². The number of fused-ring (bicyclic) bond motifs is 1. The molecule has 2 N–H and O–H groups in total. The van der Waals surface area contributed by atoms with Crippen LogP contribution in [0.15, 0.2) is 22.4 Å². The lowest BCUT2D eigenvalue weighted by Crippen LogP contribution is -2.30. The van der Waals surface area contributed by atoms with E-state index in [0.717, 1.165) is 0 Å². The van der Waals surface area contributed by atoms with Gasteiger partial charge in [0.1, 0.15) is 5.82 Å². The highest BCUT2D eigenvalue weighted by atomic mass is 32.1. The lowest BCUT2D eigenvalue weighted by atomic mass is 9.80. The number of benzene rings is 1. The summed E-state index contributed by atoms with van der Waals surface area (Å²) in [6.45, 7) is 0. The van der Waals surface area contributed by atoms with Crippen LogP contribution >= 0.6 is 24.0 Å². The molecule has 1 aromatic carbocycles. The van der Waals surface area contributed by atoms with Crippen LogP contribution in [0.2, 0.25) is 0 Å². The van der Waals surface area contributed by atoms with Gasteiger partial charge in [0.2, 0.25) is 0 Å². The molecule has 0 bridgehead atoms. The molecule has 0 radical (unpaired) electrons. The fourth-order valence-corrected chi connectivity index (χ4v) is 2.62. The number of thiol groups is 1. The number of halogens is 1. The summed E-state index contributed by atoms with van der Waals surface area (Å²) in [4.78, 5) is 0.423. The number of hydrogen-bond donors (Lipinski definition) is 3. The maximum absolute atomic E-state index is 13.1. The minimum absolute atomic E-state index is 0.294. The summed E-state index contributed by atoms with van der Waals surface area (Å²) >= 11 is 5.34. The first-order chi connectivity index (χ1) is 6.61. The third-order valence-corrected chi connectivity index (χ3v) is 3.60. The van der Waals surface area contributed by atoms with Gasteiger partial charge in [-0.15, -0.1) is 24.0 Å². The van der Waals surface area contributed by atoms with Crippen LogP contribution in [0.5, 0.6) is 0 Å². The van der Waals surface area contributed by atoms with Crippen molar-refractivity contribution in [2.45, 2.75) is 4.90 Å². The van der Waals surface area contributed by atoms with E-state index in [1.807, 2.05) is 0 Å². The average Bonchev–Trinajstić information content (AvgIpc) is 2.49. The number of hydrogen-bond acceptors (Lipinski definition) is 4. The second-order valence-corrected chi connectivity index (χ2v) is 4.16. The van der Waals surface area contributed by atoms with Gasteiger partial charge in [0.25, 0.3) is 0 Å². The molecule has 14 heavy (non-hydrogen) atoms. The van der Waals surface area contributed by atoms with Crippen LogP contribution in [0.1, 0.15) is 0 Å². The second kappa shape index (κ2) is 3.54. The topological polar surface area (TPSA) is 40.5 Å². The molecule has 0 aliphatic heterocycles. The Morgan fingerprint density at radius 3 is 2.71 bits per heavy atom. The summed E-state index contributed by atoms with van der Waals surface area (Å²) in [7, 11) is -1.57. The Morgan fingerprint density at radius 2 is 2.07 bits per heavy atom. The molecule has 0 amide bonds. The van der Waals surface area contributed by atoms with Gasteiger partial charge in [0.15, 0.2) is 0 Å². The fourth-order valence-electron chi connectivity index (χ4n) is 1.28. The lowest BCUT2D eigenvalue weighted by Gasteiger charge is -2.03. The Hall–Kier alpha value is -0.555. The van der Waals surface area contributed by atoms with Crippen LogP contribution in [0.3, 0.4) is 0 Å². The molecule has 0 fully saturated rings. The summed E-state index contributed by atoms with van der Waals surface area (Å²) in [6.07, 6.45) is 0. The van der Waals surface area contributed by atoms with E-state index in [1.54, 1.807) is 0 Å². The van der Waals surface area contributed by atoms with Crippen molar-refractivity contribution in [1.29, 1.82) is 0 Å². The maximum atomic E-state index is 13.1. The fraction of sp³-hybridized carbons (Fsp3) is 0. The molecule has 0 unspecified atom stereocenters. The van der Waals surface area contributed by atoms with Gasteiger partial charge in [-0.05, 0) is 5.46 Å². The highest BCUT2D eigenvalue weighted by molar-refractivity contribution is 7.81. The molecule has 1 heterocycles. The van der Waals surface area contributed by atoms with Gasteiger partial charge in [-0.25, -0.2) is 4.39 Å². The predicted molar refractivity (Wildman–Crippen MR) is 58.9 cm³/mol. The first kappa shape index (κ1) is 9.98. The molecular weight excluding hydrogens is 222 g/mol. The molecule has 0 saturated carbocycles. The first-order valence-electron chi connectivity index (χ1n) is 3.86. The van der Waals surface area contributed by atoms with E-state index in [-0.39, 0.29) is 5.82 Å². The largest absolute Gasteiger partial charge is 0.489 e. The van der Waals surface area contributed by atoms with Crippen molar-refractivity contribution in [2.24, 2.45) is 0 Å². The van der Waals surface area contributed by atoms with Crippen molar-refractivity contribution in [3.05, 3.63) is 23.3 Å². The van der Waals surface area contributed by atoms with E-state index in [1.165, 1.54) is 28.8 Å². The third kappa shape index (κ3) is 1.44. The van der Waals surface area contributed by atoms with Crippen molar-refractivity contribution < 1.29 is 14.4 Å². The minimum atomic E-state index is -1.57. The second-order valence-electron chi connectivity index (χ2n) is 2.84. The molecule has 0 aliphatic rings. The number of rotatable bonds is 1. The van der Waals surface area contributed by atoms with E-state index >= 15 is 0 Å². The lowest BCUT2D eigenvalue weighted by molar-refractivity contribution is 0.425. The van der Waals surface area contributed by atoms with Gasteiger partial charge >= 0.3 is 7.12 Å². The quantitative estimate of drug-likeness (QED) is 0.503. The molecule has 2 aromatic rings. The SMILES string of the molecule is OB(O)c1ccc2c(F)csc2c1S. The van der Waals surface area contributed by atoms with Crippen molar-refractivity contribution in [1.82, 2.24) is 0 Å². The zero-order valence-electron chi connectivity index (χ0n) is 6.94. The Morgan fingerprint density at radius 1 is 1.36 bits per heavy atom. The highest BCUT2D eigenvalue weighted by Gasteiger charge is 2.17. The maximum Gasteiger partial charge on any atom is 0.489 e. The van der Waals surface area contributed by atoms with Crippen LogP contribution in [-0.2, 0) is 0 Å². The van der Waals surface area contributed by atoms with Gasteiger partial charge in [0, 0.05) is 15.7 Å². The van der Waals surface area contributed by atoms with Gasteiger partial charge in [-0.1, -0.05) is 12.1 Å². The van der Waals surface area contributed by atoms with E-state index in [4.69, 9.17) is 10.0 Å². The normalized spacial score (nSPS) is 10.9. The zero-order chi connectivity index (χ0) is 10.3. The third-order valence-electron chi connectivity index (χ3n) is 1.98. The molecule has 72 valence electrons. The number of thiophene rings is 1. The Bertz CT molecular complexity index is 483. The molecule has 0 saturated heterocycles. The first-order valence-corrected chi connectivity index (χ1v) is 5.18. The molecule has 0 atom stereocenters. The molecule has 2 rings (SSSR count). The van der Waals surface area contributed by atoms with Crippen LogP contribution in [0.25, 0.3) is 10.1 Å². The van der Waals surface area contributed by atoms with Crippen molar-refractivity contribution >= 4 is 46.6 Å². The van der Waals surface area contributed by atoms with Crippen LogP contribution < -0.4 is 5.46 Å². The van der Waals surface area contributed by atoms with Crippen molar-refractivity contribution in [2.75, 3.05) is 0 Å². The summed E-state index contributed by atoms with van der Waals surface area (Å²) in [5, 5.41) is 19.8. The van der Waals surface area contributed by atoms with E-state index < -0.39 is 7.12 Å². The average molecular weight is 228 g/mol. The Kier molecular flexibility index (Phi) is 2.53. The molecule has 6 heteroatoms. The zero-order valence-corrected chi connectivity index (χ0v) is 8.65. The molecule has 0 aliphatic carbocycles. The van der Waals surface area contributed by atoms with E-state index in [2.05, 4.69) is 12.6 Å². The van der Waals surface area contributed by atoms with Gasteiger partial charge in [-0.2, -0.15) is 0 Å². The Labute approximate surface area is 89.6 Å². The predicted octanol–water partition coefficient (Wildman–Crippen LogP) is 1.01. The highest BCUT2D eigenvalue weighted by Crippen LogP contribution is 2.28. The molecule has 2 nitrogen and oxygen atoms in total. The van der Waals surface area contributed by atoms with E-state index in [0.29, 0.717) is 20.4 Å². The summed E-state index contributed by atoms with van der Waals surface area (Å²) in [5.74, 6) is -0.306.